The molecule has 0 heterocycles. The van der Waals surface area contributed by atoms with Crippen molar-refractivity contribution in [3.63, 3.8) is 0 Å². The first-order valence-corrected chi connectivity index (χ1v) is 14.9. The Morgan fingerprint density at radius 3 is 1.35 bits per heavy atom. The predicted octanol–water partition coefficient (Wildman–Crippen LogP) is 9.04. The summed E-state index contributed by atoms with van der Waals surface area (Å²) >= 11 is 12.4. The van der Waals surface area contributed by atoms with E-state index in [0.717, 1.165) is 39.3 Å². The van der Waals surface area contributed by atoms with Crippen LogP contribution in [0.5, 0.6) is 11.5 Å². The highest BCUT2D eigenvalue weighted by Gasteiger charge is 2.38. The summed E-state index contributed by atoms with van der Waals surface area (Å²) in [6.07, 6.45) is 0.967. The number of halogens is 2. The molecule has 0 saturated carbocycles. The number of rotatable bonds is 12. The van der Waals surface area contributed by atoms with E-state index in [1.165, 1.54) is 0 Å². The van der Waals surface area contributed by atoms with E-state index in [1.807, 2.05) is 91.0 Å². The lowest BCUT2D eigenvalue weighted by Crippen LogP contribution is -2.34. The first-order valence-electron chi connectivity index (χ1n) is 14.1. The summed E-state index contributed by atoms with van der Waals surface area (Å²) in [5.74, 6) is 1.52. The van der Waals surface area contributed by atoms with Crippen molar-refractivity contribution in [3.8, 4) is 11.5 Å². The van der Waals surface area contributed by atoms with Crippen LogP contribution in [-0.2, 0) is 15.9 Å². The zero-order valence-corrected chi connectivity index (χ0v) is 25.7. The highest BCUT2D eigenvalue weighted by molar-refractivity contribution is 6.30. The van der Waals surface area contributed by atoms with Gasteiger partial charge in [-0.3, -0.25) is 0 Å². The monoisotopic (exact) mass is 612 g/mol. The van der Waals surface area contributed by atoms with E-state index in [1.54, 1.807) is 38.5 Å². The molecule has 0 saturated heterocycles. The van der Waals surface area contributed by atoms with Crippen LogP contribution in [0.1, 0.15) is 40.7 Å². The summed E-state index contributed by atoms with van der Waals surface area (Å²) in [4.78, 5) is 0. The van der Waals surface area contributed by atoms with Crippen molar-refractivity contribution >= 4 is 23.2 Å². The first kappa shape index (κ1) is 30.7. The molecule has 5 aromatic rings. The molecule has 0 bridgehead atoms. The first-order chi connectivity index (χ1) is 20.9. The molecular weight excluding hydrogens is 579 g/mol. The van der Waals surface area contributed by atoms with Crippen LogP contribution in [0.4, 0.5) is 0 Å². The number of hydrogen-bond acceptors (Lipinski definition) is 4. The van der Waals surface area contributed by atoms with Gasteiger partial charge in [-0.1, -0.05) is 102 Å². The maximum absolute atomic E-state index is 12.2. The lowest BCUT2D eigenvalue weighted by molar-refractivity contribution is -0.00330. The highest BCUT2D eigenvalue weighted by atomic mass is 35.5. The van der Waals surface area contributed by atoms with Crippen molar-refractivity contribution in [2.24, 2.45) is 0 Å². The van der Waals surface area contributed by atoms with Gasteiger partial charge in [-0.05, 0) is 89.2 Å². The minimum atomic E-state index is -1.27. The maximum Gasteiger partial charge on any atom is 0.143 e. The molecular formula is C37H34Cl2O4. The van der Waals surface area contributed by atoms with Gasteiger partial charge >= 0.3 is 0 Å². The van der Waals surface area contributed by atoms with Crippen molar-refractivity contribution in [1.82, 2.24) is 0 Å². The second kappa shape index (κ2) is 13.7. The van der Waals surface area contributed by atoms with Crippen molar-refractivity contribution in [3.05, 3.63) is 165 Å². The quantitative estimate of drug-likeness (QED) is 0.113. The van der Waals surface area contributed by atoms with E-state index in [2.05, 4.69) is 12.1 Å². The zero-order chi connectivity index (χ0) is 30.3. The third-order valence-electron chi connectivity index (χ3n) is 7.82. The topological polar surface area (TPSA) is 47.9 Å². The van der Waals surface area contributed by atoms with Gasteiger partial charge < -0.3 is 19.3 Å². The fourth-order valence-corrected chi connectivity index (χ4v) is 5.79. The molecule has 5 aromatic carbocycles. The molecule has 0 aromatic heterocycles. The zero-order valence-electron chi connectivity index (χ0n) is 24.2. The third-order valence-corrected chi connectivity index (χ3v) is 8.32. The minimum absolute atomic E-state index is 0.358. The van der Waals surface area contributed by atoms with Gasteiger partial charge in [0, 0.05) is 16.7 Å². The van der Waals surface area contributed by atoms with Gasteiger partial charge in [-0.25, -0.2) is 0 Å². The highest BCUT2D eigenvalue weighted by Crippen LogP contribution is 2.42. The molecule has 4 nitrogen and oxygen atoms in total. The fourth-order valence-electron chi connectivity index (χ4n) is 5.53. The summed E-state index contributed by atoms with van der Waals surface area (Å²) in [6, 6.07) is 40.7. The van der Waals surface area contributed by atoms with Crippen LogP contribution in [0.25, 0.3) is 0 Å². The van der Waals surface area contributed by atoms with Crippen LogP contribution in [0.2, 0.25) is 10.0 Å². The van der Waals surface area contributed by atoms with Gasteiger partial charge in [-0.2, -0.15) is 0 Å². The molecule has 0 unspecified atom stereocenters. The summed E-state index contributed by atoms with van der Waals surface area (Å²) < 4.78 is 17.9. The van der Waals surface area contributed by atoms with Gasteiger partial charge in [0.2, 0.25) is 0 Å². The minimum Gasteiger partial charge on any atom is -0.497 e. The second-order valence-corrected chi connectivity index (χ2v) is 11.2. The van der Waals surface area contributed by atoms with Gasteiger partial charge in [0.15, 0.2) is 0 Å². The van der Waals surface area contributed by atoms with Crippen LogP contribution >= 0.6 is 23.2 Å². The Hall–Kier alpha value is -3.80. The molecule has 0 fully saturated rings. The van der Waals surface area contributed by atoms with E-state index >= 15 is 0 Å². The Bertz CT molecular complexity index is 1490. The molecule has 0 spiro atoms. The number of ether oxygens (including phenoxy) is 3. The third kappa shape index (κ3) is 6.58. The van der Waals surface area contributed by atoms with Gasteiger partial charge in [0.25, 0.3) is 0 Å². The SMILES string of the molecule is COc1ccc(C(OCCCC(O)(c2ccc(Cl)cc2)c2ccc(Cl)cc2)(c2ccccc2)c2ccc(OC)cc2)cc1. The van der Waals surface area contributed by atoms with E-state index in [9.17, 15) is 5.11 Å². The molecule has 220 valence electrons. The van der Waals surface area contributed by atoms with Crippen LogP contribution in [0, 0.1) is 0 Å². The average Bonchev–Trinajstić information content (AvgIpc) is 3.06. The molecule has 0 amide bonds. The Morgan fingerprint density at radius 2 is 0.930 bits per heavy atom. The Kier molecular flexibility index (Phi) is 9.74. The average molecular weight is 614 g/mol. The lowest BCUT2D eigenvalue weighted by Gasteiger charge is -2.37. The van der Waals surface area contributed by atoms with E-state index in [4.69, 9.17) is 37.4 Å². The number of benzene rings is 5. The van der Waals surface area contributed by atoms with E-state index in [-0.39, 0.29) is 0 Å². The van der Waals surface area contributed by atoms with Crippen LogP contribution in [-0.4, -0.2) is 25.9 Å². The normalized spacial score (nSPS) is 11.7. The smallest absolute Gasteiger partial charge is 0.143 e. The molecule has 5 rings (SSSR count). The maximum atomic E-state index is 12.2. The molecule has 1 N–H and O–H groups in total. The van der Waals surface area contributed by atoms with Gasteiger partial charge in [0.05, 0.1) is 14.2 Å². The summed E-state index contributed by atoms with van der Waals surface area (Å²) in [6.45, 7) is 0.358. The van der Waals surface area contributed by atoms with Crippen LogP contribution in [0.15, 0.2) is 127 Å². The fraction of sp³-hybridized carbons (Fsp3) is 0.189. The van der Waals surface area contributed by atoms with E-state index in [0.29, 0.717) is 29.5 Å². The molecule has 0 atom stereocenters. The number of methoxy groups -OCH3 is 2. The standard InChI is InChI=1S/C37H34Cl2O4/c1-41-34-21-13-30(14-22-34)37(29-7-4-3-5-8-29,31-15-23-35(42-2)24-16-31)43-26-6-25-36(40,27-9-17-32(38)18-10-27)28-11-19-33(39)20-12-28/h3-5,7-24,40H,6,25-26H2,1-2H3. The van der Waals surface area contributed by atoms with Crippen LogP contribution < -0.4 is 9.47 Å². The Morgan fingerprint density at radius 1 is 0.535 bits per heavy atom. The van der Waals surface area contributed by atoms with E-state index < -0.39 is 11.2 Å². The molecule has 0 aliphatic heterocycles. The molecule has 43 heavy (non-hydrogen) atoms. The second-order valence-electron chi connectivity index (χ2n) is 10.3. The molecule has 0 aliphatic rings. The summed E-state index contributed by atoms with van der Waals surface area (Å²) in [5.41, 5.74) is 2.19. The van der Waals surface area contributed by atoms with Gasteiger partial charge in [-0.15, -0.1) is 0 Å². The Balaban J connectivity index is 1.52. The summed E-state index contributed by atoms with van der Waals surface area (Å²) in [5, 5.41) is 13.4. The van der Waals surface area contributed by atoms with Crippen molar-refractivity contribution in [2.75, 3.05) is 20.8 Å². The predicted molar refractivity (Wildman–Crippen MR) is 173 cm³/mol. The molecule has 6 heteroatoms. The van der Waals surface area contributed by atoms with Crippen molar-refractivity contribution in [1.29, 1.82) is 0 Å². The Labute approximate surface area is 263 Å². The van der Waals surface area contributed by atoms with Crippen molar-refractivity contribution in [2.45, 2.75) is 24.0 Å². The van der Waals surface area contributed by atoms with Crippen LogP contribution in [0.3, 0.4) is 0 Å². The lowest BCUT2D eigenvalue weighted by atomic mass is 9.79. The van der Waals surface area contributed by atoms with Crippen molar-refractivity contribution < 1.29 is 19.3 Å². The summed E-state index contributed by atoms with van der Waals surface area (Å²) in [7, 11) is 3.31. The number of hydrogen-bond donors (Lipinski definition) is 1. The number of aliphatic hydroxyl groups is 1. The molecule has 0 radical (unpaired) electrons. The molecule has 0 aliphatic carbocycles. The largest absolute Gasteiger partial charge is 0.497 e. The van der Waals surface area contributed by atoms with Gasteiger partial charge in [0.1, 0.15) is 22.7 Å².